The average molecular weight is 941 g/mol. The van der Waals surface area contributed by atoms with Crippen molar-refractivity contribution in [2.24, 2.45) is 5.92 Å². The Kier molecular flexibility index (Phi) is 29.0. The summed E-state index contributed by atoms with van der Waals surface area (Å²) in [6.45, 7) is 9.69. The van der Waals surface area contributed by atoms with Crippen molar-refractivity contribution in [2.75, 3.05) is 26.7 Å². The van der Waals surface area contributed by atoms with Gasteiger partial charge in [-0.15, -0.1) is 4.37 Å². The maximum absolute atomic E-state index is 13.1. The van der Waals surface area contributed by atoms with Crippen LogP contribution < -0.4 is 4.74 Å². The maximum atomic E-state index is 13.1. The zero-order valence-electron chi connectivity index (χ0n) is 32.3. The SMILES string of the molecule is CCCCCCOc1nsnc1C1=CCC[N+](C)(C(OC(=O)CCCCCCCCCCCCCCCCCC[C-]=O)C2CCC2)C1.[CH2-]C.[U+2]. The summed E-state index contributed by atoms with van der Waals surface area (Å²) in [4.78, 5) is 23.3. The van der Waals surface area contributed by atoms with Gasteiger partial charge in [0.15, 0.2) is 0 Å². The zero-order valence-corrected chi connectivity index (χ0v) is 37.3. The number of hydrogen-bond donors (Lipinski definition) is 0. The van der Waals surface area contributed by atoms with E-state index in [2.05, 4.69) is 35.7 Å². The van der Waals surface area contributed by atoms with Crippen LogP contribution in [-0.2, 0) is 14.3 Å². The van der Waals surface area contributed by atoms with Gasteiger partial charge < -0.3 is 21.2 Å². The molecule has 7 nitrogen and oxygen atoms in total. The van der Waals surface area contributed by atoms with Gasteiger partial charge in [0.05, 0.1) is 31.9 Å². The van der Waals surface area contributed by atoms with Crippen LogP contribution in [0.15, 0.2) is 6.08 Å². The van der Waals surface area contributed by atoms with Crippen molar-refractivity contribution < 1.29 is 54.7 Å². The third-order valence-corrected chi connectivity index (χ3v) is 10.9. The molecule has 0 N–H and O–H groups in total. The smallest absolute Gasteiger partial charge is 0.542 e. The Bertz CT molecular complexity index is 1020. The number of quaternary nitrogens is 1. The summed E-state index contributed by atoms with van der Waals surface area (Å²) in [6, 6.07) is 0. The summed E-state index contributed by atoms with van der Waals surface area (Å²) in [6.07, 6.45) is 34.7. The average Bonchev–Trinajstić information content (AvgIpc) is 3.56. The molecule has 1 aromatic heterocycles. The molecule has 2 unspecified atom stereocenters. The van der Waals surface area contributed by atoms with Gasteiger partial charge in [0.25, 0.3) is 5.88 Å². The van der Waals surface area contributed by atoms with Crippen LogP contribution in [-0.4, -0.2) is 58.5 Å². The second-order valence-electron chi connectivity index (χ2n) is 14.6. The molecule has 0 aromatic carbocycles. The molecule has 2 aliphatic rings. The molecule has 1 fully saturated rings. The monoisotopic (exact) mass is 941 g/mol. The van der Waals surface area contributed by atoms with E-state index in [4.69, 9.17) is 9.47 Å². The minimum Gasteiger partial charge on any atom is -0.542 e. The van der Waals surface area contributed by atoms with Crippen LogP contribution in [0.1, 0.15) is 186 Å². The first-order valence-electron chi connectivity index (χ1n) is 20.3. The van der Waals surface area contributed by atoms with Gasteiger partial charge in [-0.05, 0) is 25.7 Å². The Balaban J connectivity index is 0.00000409. The Morgan fingerprint density at radius 1 is 0.880 bits per heavy atom. The molecule has 1 aromatic rings. The standard InChI is InChI=1S/C39H67N3O4S.C2H5.U/c1-3-4-5-23-32-45-38-37(40-47-41-38)35-28-25-30-42(2,33-35)39(34-26-24-27-34)46-36(44)29-21-19-17-15-13-11-9-7-6-8-10-12-14-16-18-20-22-31-43;1-2;/h28,34,39H,3-27,29-30,32-33H2,1-2H3;1H2,2H3;/q;-1;+2. The van der Waals surface area contributed by atoms with Crippen molar-refractivity contribution in [3.8, 4) is 5.88 Å². The third-order valence-electron chi connectivity index (χ3n) is 10.4. The minimum absolute atomic E-state index is 0. The van der Waals surface area contributed by atoms with E-state index >= 15 is 0 Å². The second kappa shape index (κ2) is 30.7. The van der Waals surface area contributed by atoms with E-state index in [1.54, 1.807) is 6.92 Å². The summed E-state index contributed by atoms with van der Waals surface area (Å²) >= 11 is 1.23. The Morgan fingerprint density at radius 2 is 1.44 bits per heavy atom. The zero-order chi connectivity index (χ0) is 35.4. The van der Waals surface area contributed by atoms with Gasteiger partial charge in [-0.2, -0.15) is 17.7 Å². The molecule has 0 spiro atoms. The topological polar surface area (TPSA) is 78.4 Å². The van der Waals surface area contributed by atoms with Crippen LogP contribution in [0.5, 0.6) is 5.88 Å². The predicted molar refractivity (Wildman–Crippen MR) is 205 cm³/mol. The molecule has 1 aliphatic carbocycles. The summed E-state index contributed by atoms with van der Waals surface area (Å²) in [5.41, 5.74) is 2.07. The molecule has 284 valence electrons. The molecule has 0 amide bonds. The molecule has 1 saturated carbocycles. The molecule has 1 aliphatic heterocycles. The van der Waals surface area contributed by atoms with E-state index in [1.807, 2.05) is 6.29 Å². The summed E-state index contributed by atoms with van der Waals surface area (Å²) < 4.78 is 22.3. The van der Waals surface area contributed by atoms with Crippen LogP contribution in [0.25, 0.3) is 5.57 Å². The van der Waals surface area contributed by atoms with E-state index in [9.17, 15) is 9.59 Å². The number of unbranched alkanes of at least 4 members (excludes halogenated alkanes) is 19. The molecule has 2 atom stereocenters. The van der Waals surface area contributed by atoms with Gasteiger partial charge in [-0.25, -0.2) is 0 Å². The summed E-state index contributed by atoms with van der Waals surface area (Å²) in [7, 11) is 2.27. The second-order valence-corrected chi connectivity index (χ2v) is 15.1. The van der Waals surface area contributed by atoms with Gasteiger partial charge in [0.2, 0.25) is 6.23 Å². The Labute approximate surface area is 335 Å². The largest absolute Gasteiger partial charge is 2.00 e. The fraction of sp³-hybridized carbons (Fsp3) is 0.829. The molecule has 9 heteroatoms. The van der Waals surface area contributed by atoms with E-state index < -0.39 is 0 Å². The summed E-state index contributed by atoms with van der Waals surface area (Å²) in [5, 5.41) is 0. The molecule has 0 radical (unpaired) electrons. The number of hydrogen-bond acceptors (Lipinski definition) is 7. The van der Waals surface area contributed by atoms with E-state index in [1.165, 1.54) is 126 Å². The van der Waals surface area contributed by atoms with Gasteiger partial charge in [-0.1, -0.05) is 135 Å². The number of ether oxygens (including phenoxy) is 2. The van der Waals surface area contributed by atoms with Crippen molar-refractivity contribution in [1.29, 1.82) is 0 Å². The van der Waals surface area contributed by atoms with Crippen LogP contribution in [0.2, 0.25) is 0 Å². The van der Waals surface area contributed by atoms with E-state index in [0.29, 0.717) is 31.2 Å². The first kappa shape index (κ1) is 47.3. The fourth-order valence-electron chi connectivity index (χ4n) is 7.22. The predicted octanol–water partition coefficient (Wildman–Crippen LogP) is 11.4. The van der Waals surface area contributed by atoms with Crippen molar-refractivity contribution in [3.05, 3.63) is 18.7 Å². The number of nitrogens with zero attached hydrogens (tertiary/aromatic N) is 3. The number of likely N-dealkylation sites (N-methyl/N-ethyl adjacent to an activating group) is 1. The number of rotatable bonds is 29. The number of esters is 1. The minimum atomic E-state index is -0.0805. The van der Waals surface area contributed by atoms with Crippen molar-refractivity contribution >= 4 is 29.6 Å². The van der Waals surface area contributed by atoms with Gasteiger partial charge >= 0.3 is 37.1 Å². The van der Waals surface area contributed by atoms with Crippen molar-refractivity contribution in [1.82, 2.24) is 8.75 Å². The van der Waals surface area contributed by atoms with Crippen LogP contribution >= 0.6 is 11.7 Å². The Hall–Kier alpha value is -0.748. The number of carbonyl (C=O) groups is 1. The molecule has 3 rings (SSSR count). The first-order chi connectivity index (χ1) is 24.1. The summed E-state index contributed by atoms with van der Waals surface area (Å²) in [5.74, 6) is 1.11. The normalized spacial score (nSPS) is 17.8. The van der Waals surface area contributed by atoms with Gasteiger partial charge in [0, 0.05) is 24.3 Å². The van der Waals surface area contributed by atoms with E-state index in [0.717, 1.165) is 68.2 Å². The van der Waals surface area contributed by atoms with Crippen LogP contribution in [0.3, 0.4) is 0 Å². The molecule has 0 saturated heterocycles. The fourth-order valence-corrected chi connectivity index (χ4v) is 7.75. The van der Waals surface area contributed by atoms with E-state index in [-0.39, 0.29) is 43.3 Å². The van der Waals surface area contributed by atoms with Crippen LogP contribution in [0.4, 0.5) is 0 Å². The Morgan fingerprint density at radius 3 is 1.98 bits per heavy atom. The van der Waals surface area contributed by atoms with Crippen molar-refractivity contribution in [3.63, 3.8) is 0 Å². The number of aromatic nitrogens is 2. The third kappa shape index (κ3) is 19.4. The maximum Gasteiger partial charge on any atom is 2.00 e. The van der Waals surface area contributed by atoms with Crippen molar-refractivity contribution in [2.45, 2.75) is 187 Å². The molecule has 0 bridgehead atoms. The molecular weight excluding hydrogens is 869 g/mol. The molecular formula is C41H72N3O4SU+. The van der Waals surface area contributed by atoms with Gasteiger partial charge in [0.1, 0.15) is 12.2 Å². The molecule has 2 heterocycles. The van der Waals surface area contributed by atoms with Crippen LogP contribution in [0, 0.1) is 44.0 Å². The van der Waals surface area contributed by atoms with Gasteiger partial charge in [-0.3, -0.25) is 15.6 Å². The molecule has 50 heavy (non-hydrogen) atoms. The first-order valence-corrected chi connectivity index (χ1v) is 21.0. The number of carbonyl (C=O) groups excluding carboxylic acids is 2. The quantitative estimate of drug-likeness (QED) is 0.0345.